The molecule has 0 atom stereocenters. The molecule has 0 saturated heterocycles. The lowest BCUT2D eigenvalue weighted by molar-refractivity contribution is 1.13. The number of anilines is 1. The molecule has 1 N–H and O–H groups in total. The molecule has 0 aliphatic heterocycles. The number of nitrogens with one attached hydrogen (secondary N) is 1. The molecule has 0 unspecified atom stereocenters. The summed E-state index contributed by atoms with van der Waals surface area (Å²) in [5.74, 6) is 0. The average Bonchev–Trinajstić information content (AvgIpc) is 2.32. The van der Waals surface area contributed by atoms with Crippen LogP contribution in [0.4, 0.5) is 5.69 Å². The van der Waals surface area contributed by atoms with Crippen molar-refractivity contribution >= 4 is 43.3 Å². The van der Waals surface area contributed by atoms with Gasteiger partial charge in [0.15, 0.2) is 0 Å². The molecular formula is C11H8Br2N4. The van der Waals surface area contributed by atoms with Crippen LogP contribution >= 0.6 is 31.9 Å². The number of hydrazone groups is 1. The van der Waals surface area contributed by atoms with E-state index in [1.165, 1.54) is 5.56 Å². The number of nitriles is 2. The summed E-state index contributed by atoms with van der Waals surface area (Å²) in [5.41, 5.74) is 4.32. The van der Waals surface area contributed by atoms with Crippen molar-refractivity contribution in [3.8, 4) is 12.1 Å². The van der Waals surface area contributed by atoms with Crippen LogP contribution in [0, 0.1) is 22.7 Å². The molecule has 0 aromatic heterocycles. The van der Waals surface area contributed by atoms with Gasteiger partial charge in [-0.25, -0.2) is 0 Å². The zero-order valence-corrected chi connectivity index (χ0v) is 12.1. The summed E-state index contributed by atoms with van der Waals surface area (Å²) in [6.07, 6.45) is 0.919. The third kappa shape index (κ3) is 3.55. The quantitative estimate of drug-likeness (QED) is 0.665. The molecule has 0 radical (unpaired) electrons. The molecule has 0 heterocycles. The van der Waals surface area contributed by atoms with Crippen LogP contribution in [0.25, 0.3) is 0 Å². The van der Waals surface area contributed by atoms with Gasteiger partial charge in [-0.15, -0.1) is 0 Å². The van der Waals surface area contributed by atoms with Crippen LogP contribution in [-0.2, 0) is 6.42 Å². The van der Waals surface area contributed by atoms with Crippen molar-refractivity contribution < 1.29 is 0 Å². The predicted octanol–water partition coefficient (Wildman–Crippen LogP) is 3.59. The summed E-state index contributed by atoms with van der Waals surface area (Å²) in [6.45, 7) is 2.06. The van der Waals surface area contributed by atoms with Crippen molar-refractivity contribution in [2.75, 3.05) is 5.43 Å². The van der Waals surface area contributed by atoms with Gasteiger partial charge in [-0.05, 0) is 56.0 Å². The Hall–Kier alpha value is -1.37. The molecule has 1 aromatic rings. The molecule has 4 nitrogen and oxygen atoms in total. The fourth-order valence-corrected chi connectivity index (χ4v) is 2.58. The summed E-state index contributed by atoms with van der Waals surface area (Å²) >= 11 is 6.81. The highest BCUT2D eigenvalue weighted by Crippen LogP contribution is 2.32. The van der Waals surface area contributed by atoms with E-state index in [2.05, 4.69) is 49.3 Å². The van der Waals surface area contributed by atoms with Crippen molar-refractivity contribution in [2.24, 2.45) is 5.10 Å². The second-order valence-electron chi connectivity index (χ2n) is 3.08. The highest BCUT2D eigenvalue weighted by Gasteiger charge is 2.06. The molecular weight excluding hydrogens is 348 g/mol. The topological polar surface area (TPSA) is 72.0 Å². The number of benzene rings is 1. The number of nitrogens with zero attached hydrogens (tertiary/aromatic N) is 3. The number of rotatable bonds is 3. The number of hydrogen-bond donors (Lipinski definition) is 1. The van der Waals surface area contributed by atoms with Gasteiger partial charge in [-0.3, -0.25) is 5.43 Å². The third-order valence-electron chi connectivity index (χ3n) is 2.00. The normalized spacial score (nSPS) is 9.00. The Morgan fingerprint density at radius 3 is 2.24 bits per heavy atom. The Morgan fingerprint density at radius 2 is 1.82 bits per heavy atom. The van der Waals surface area contributed by atoms with Crippen molar-refractivity contribution in [1.29, 1.82) is 10.5 Å². The highest BCUT2D eigenvalue weighted by molar-refractivity contribution is 9.11. The molecule has 0 spiro atoms. The van der Waals surface area contributed by atoms with E-state index in [-0.39, 0.29) is 5.71 Å². The van der Waals surface area contributed by atoms with E-state index in [9.17, 15) is 0 Å². The lowest BCUT2D eigenvalue weighted by atomic mass is 10.1. The molecule has 1 aromatic carbocycles. The maximum absolute atomic E-state index is 8.56. The van der Waals surface area contributed by atoms with Crippen LogP contribution in [0.3, 0.4) is 0 Å². The van der Waals surface area contributed by atoms with E-state index in [1.807, 2.05) is 12.1 Å². The van der Waals surface area contributed by atoms with Crippen LogP contribution in [0.15, 0.2) is 26.2 Å². The Kier molecular flexibility index (Phi) is 5.14. The van der Waals surface area contributed by atoms with E-state index >= 15 is 0 Å². The van der Waals surface area contributed by atoms with Gasteiger partial charge in [0.25, 0.3) is 0 Å². The summed E-state index contributed by atoms with van der Waals surface area (Å²) in [7, 11) is 0. The molecule has 17 heavy (non-hydrogen) atoms. The zero-order chi connectivity index (χ0) is 12.8. The second-order valence-corrected chi connectivity index (χ2v) is 4.79. The summed E-state index contributed by atoms with van der Waals surface area (Å²) in [5, 5.41) is 20.8. The smallest absolute Gasteiger partial charge is 0.237 e. The summed E-state index contributed by atoms with van der Waals surface area (Å²) < 4.78 is 1.64. The summed E-state index contributed by atoms with van der Waals surface area (Å²) in [4.78, 5) is 0. The van der Waals surface area contributed by atoms with Crippen LogP contribution in [-0.4, -0.2) is 5.71 Å². The van der Waals surface area contributed by atoms with Crippen LogP contribution in [0.1, 0.15) is 12.5 Å². The molecule has 86 valence electrons. The van der Waals surface area contributed by atoms with Gasteiger partial charge in [0.2, 0.25) is 5.71 Å². The first-order chi connectivity index (χ1) is 8.12. The Balaban J connectivity index is 3.06. The van der Waals surface area contributed by atoms with E-state index in [0.717, 1.165) is 15.4 Å². The maximum atomic E-state index is 8.56. The number of halogens is 2. The molecule has 6 heteroatoms. The van der Waals surface area contributed by atoms with Gasteiger partial charge in [-0.1, -0.05) is 6.92 Å². The van der Waals surface area contributed by atoms with Gasteiger partial charge < -0.3 is 0 Å². The van der Waals surface area contributed by atoms with Crippen molar-refractivity contribution in [1.82, 2.24) is 0 Å². The molecule has 0 aliphatic carbocycles. The van der Waals surface area contributed by atoms with E-state index in [1.54, 1.807) is 12.1 Å². The standard InChI is InChI=1S/C11H8Br2N4/c1-2-7-3-9(12)11(10(13)4-7)17-16-8(5-14)6-15/h3-4,17H,2H2,1H3. The van der Waals surface area contributed by atoms with Gasteiger partial charge >= 0.3 is 0 Å². The van der Waals surface area contributed by atoms with Crippen molar-refractivity contribution in [3.63, 3.8) is 0 Å². The van der Waals surface area contributed by atoms with E-state index < -0.39 is 0 Å². The minimum absolute atomic E-state index is 0.219. The average molecular weight is 356 g/mol. The molecule has 0 aliphatic rings. The van der Waals surface area contributed by atoms with Gasteiger partial charge in [-0.2, -0.15) is 15.6 Å². The Bertz CT molecular complexity index is 498. The fourth-order valence-electron chi connectivity index (χ4n) is 1.12. The van der Waals surface area contributed by atoms with Crippen LogP contribution in [0.2, 0.25) is 0 Å². The highest BCUT2D eigenvalue weighted by atomic mass is 79.9. The van der Waals surface area contributed by atoms with E-state index in [4.69, 9.17) is 10.5 Å². The summed E-state index contributed by atoms with van der Waals surface area (Å²) in [6, 6.07) is 7.28. The first kappa shape index (κ1) is 13.7. The number of aryl methyl sites for hydroxylation is 1. The molecule has 0 bridgehead atoms. The lowest BCUT2D eigenvalue weighted by Gasteiger charge is -2.08. The SMILES string of the molecule is CCc1cc(Br)c(NN=C(C#N)C#N)c(Br)c1. The zero-order valence-electron chi connectivity index (χ0n) is 8.96. The lowest BCUT2D eigenvalue weighted by Crippen LogP contribution is -1.98. The van der Waals surface area contributed by atoms with E-state index in [0.29, 0.717) is 5.69 Å². The minimum Gasteiger partial charge on any atom is -0.274 e. The van der Waals surface area contributed by atoms with Crippen LogP contribution in [0.5, 0.6) is 0 Å². The van der Waals surface area contributed by atoms with Gasteiger partial charge in [0.1, 0.15) is 12.1 Å². The molecule has 1 rings (SSSR count). The largest absolute Gasteiger partial charge is 0.274 e. The van der Waals surface area contributed by atoms with Crippen molar-refractivity contribution in [2.45, 2.75) is 13.3 Å². The first-order valence-electron chi connectivity index (χ1n) is 4.74. The third-order valence-corrected chi connectivity index (χ3v) is 3.25. The van der Waals surface area contributed by atoms with Crippen LogP contribution < -0.4 is 5.43 Å². The first-order valence-corrected chi connectivity index (χ1v) is 6.32. The fraction of sp³-hybridized carbons (Fsp3) is 0.182. The Morgan fingerprint density at radius 1 is 1.29 bits per heavy atom. The van der Waals surface area contributed by atoms with Crippen molar-refractivity contribution in [3.05, 3.63) is 26.6 Å². The van der Waals surface area contributed by atoms with Gasteiger partial charge in [0, 0.05) is 8.95 Å². The minimum atomic E-state index is -0.219. The van der Waals surface area contributed by atoms with Gasteiger partial charge in [0.05, 0.1) is 5.69 Å². The molecule has 0 fully saturated rings. The second kappa shape index (κ2) is 6.39. The predicted molar refractivity (Wildman–Crippen MR) is 73.5 cm³/mol. The maximum Gasteiger partial charge on any atom is 0.237 e. The number of hydrogen-bond acceptors (Lipinski definition) is 4. The molecule has 0 saturated carbocycles. The molecule has 0 amide bonds. The Labute approximate surface area is 116 Å². The monoisotopic (exact) mass is 354 g/mol.